The summed E-state index contributed by atoms with van der Waals surface area (Å²) >= 11 is 0. The molecule has 3 atom stereocenters. The summed E-state index contributed by atoms with van der Waals surface area (Å²) in [5.41, 5.74) is 7.11. The number of hydrogen-bond donors (Lipinski definition) is 3. The van der Waals surface area contributed by atoms with Gasteiger partial charge in [0.1, 0.15) is 0 Å². The number of carbonyl (C=O) groups is 1. The highest BCUT2D eigenvalue weighted by Crippen LogP contribution is 2.41. The number of benzene rings is 1. The van der Waals surface area contributed by atoms with E-state index < -0.39 is 6.10 Å². The lowest BCUT2D eigenvalue weighted by Gasteiger charge is -2.43. The molecule has 3 rings (SSSR count). The largest absolute Gasteiger partial charge is 0.387 e. The number of fused-ring (bicyclic) bond motifs is 2. The number of amides is 1. The first-order chi connectivity index (χ1) is 10.6. The average molecular weight is 302 g/mol. The Morgan fingerprint density at radius 1 is 1.23 bits per heavy atom. The Bertz CT molecular complexity index is 491. The van der Waals surface area contributed by atoms with Gasteiger partial charge in [-0.2, -0.15) is 0 Å². The molecule has 4 heteroatoms. The van der Waals surface area contributed by atoms with E-state index in [1.165, 1.54) is 6.42 Å². The number of nitrogens with one attached hydrogen (secondary N) is 1. The molecule has 0 aromatic heterocycles. The standard InChI is InChI=1S/C18H26N2O2/c19-17-13-7-4-8-14(17)10-15(9-13)18(22)20-11-16(21)12-5-2-1-3-6-12/h1-3,5-6,13-17,21H,4,7-11,19H2,(H,20,22). The summed E-state index contributed by atoms with van der Waals surface area (Å²) < 4.78 is 0. The number of aliphatic hydroxyl groups is 1. The van der Waals surface area contributed by atoms with E-state index in [9.17, 15) is 9.90 Å². The summed E-state index contributed by atoms with van der Waals surface area (Å²) in [7, 11) is 0. The lowest BCUT2D eigenvalue weighted by atomic mass is 9.65. The summed E-state index contributed by atoms with van der Waals surface area (Å²) in [6.45, 7) is 0.279. The quantitative estimate of drug-likeness (QED) is 0.796. The van der Waals surface area contributed by atoms with Crippen LogP contribution in [-0.4, -0.2) is 23.6 Å². The van der Waals surface area contributed by atoms with Crippen molar-refractivity contribution in [2.75, 3.05) is 6.54 Å². The summed E-state index contributed by atoms with van der Waals surface area (Å²) in [6.07, 6.45) is 4.75. The van der Waals surface area contributed by atoms with E-state index in [0.717, 1.165) is 31.2 Å². The normalized spacial score (nSPS) is 32.3. The Labute approximate surface area is 132 Å². The van der Waals surface area contributed by atoms with Gasteiger partial charge in [0.25, 0.3) is 0 Å². The maximum absolute atomic E-state index is 12.4. The zero-order chi connectivity index (χ0) is 15.5. The van der Waals surface area contributed by atoms with Crippen LogP contribution in [0.25, 0.3) is 0 Å². The smallest absolute Gasteiger partial charge is 0.223 e. The fraction of sp³-hybridized carbons (Fsp3) is 0.611. The zero-order valence-corrected chi connectivity index (χ0v) is 12.9. The van der Waals surface area contributed by atoms with Crippen LogP contribution in [0.4, 0.5) is 0 Å². The van der Waals surface area contributed by atoms with Crippen LogP contribution < -0.4 is 11.1 Å². The van der Waals surface area contributed by atoms with Crippen LogP contribution in [0.3, 0.4) is 0 Å². The van der Waals surface area contributed by atoms with Gasteiger partial charge in [-0.1, -0.05) is 36.8 Å². The van der Waals surface area contributed by atoms with Crippen LogP contribution >= 0.6 is 0 Å². The Hall–Kier alpha value is -1.39. The highest BCUT2D eigenvalue weighted by atomic mass is 16.3. The van der Waals surface area contributed by atoms with Crippen molar-refractivity contribution in [1.82, 2.24) is 5.32 Å². The van der Waals surface area contributed by atoms with Gasteiger partial charge < -0.3 is 16.2 Å². The van der Waals surface area contributed by atoms with E-state index in [1.807, 2.05) is 30.3 Å². The van der Waals surface area contributed by atoms with Gasteiger partial charge in [-0.25, -0.2) is 0 Å². The van der Waals surface area contributed by atoms with Crippen LogP contribution in [0.1, 0.15) is 43.8 Å². The van der Waals surface area contributed by atoms with Gasteiger partial charge in [-0.3, -0.25) is 4.79 Å². The van der Waals surface area contributed by atoms with E-state index in [2.05, 4.69) is 5.32 Å². The minimum absolute atomic E-state index is 0.0677. The van der Waals surface area contributed by atoms with Crippen molar-refractivity contribution in [2.24, 2.45) is 23.5 Å². The third-order valence-electron chi connectivity index (χ3n) is 5.44. The van der Waals surface area contributed by atoms with Gasteiger partial charge in [0.15, 0.2) is 0 Å². The molecule has 0 saturated heterocycles. The average Bonchev–Trinajstić information content (AvgIpc) is 2.53. The van der Waals surface area contributed by atoms with E-state index in [4.69, 9.17) is 5.73 Å². The molecule has 4 nitrogen and oxygen atoms in total. The van der Waals surface area contributed by atoms with Crippen molar-refractivity contribution in [3.8, 4) is 0 Å². The van der Waals surface area contributed by atoms with E-state index in [0.29, 0.717) is 11.8 Å². The molecule has 2 aliphatic rings. The van der Waals surface area contributed by atoms with Gasteiger partial charge in [0, 0.05) is 18.5 Å². The molecule has 2 bridgehead atoms. The van der Waals surface area contributed by atoms with E-state index >= 15 is 0 Å². The third-order valence-corrected chi connectivity index (χ3v) is 5.44. The summed E-state index contributed by atoms with van der Waals surface area (Å²) in [4.78, 5) is 12.4. The van der Waals surface area contributed by atoms with Crippen molar-refractivity contribution in [2.45, 2.75) is 44.2 Å². The van der Waals surface area contributed by atoms with Crippen LogP contribution in [0.5, 0.6) is 0 Å². The Morgan fingerprint density at radius 2 is 1.86 bits per heavy atom. The predicted octanol–water partition coefficient (Wildman–Crippen LogP) is 1.99. The van der Waals surface area contributed by atoms with Gasteiger partial charge >= 0.3 is 0 Å². The molecule has 2 saturated carbocycles. The fourth-order valence-electron chi connectivity index (χ4n) is 4.14. The second-order valence-corrected chi connectivity index (χ2v) is 6.87. The maximum Gasteiger partial charge on any atom is 0.223 e. The molecule has 2 fully saturated rings. The molecule has 0 aliphatic heterocycles. The van der Waals surface area contributed by atoms with Crippen LogP contribution in [0, 0.1) is 17.8 Å². The molecule has 2 aliphatic carbocycles. The van der Waals surface area contributed by atoms with Crippen molar-refractivity contribution < 1.29 is 9.90 Å². The first-order valence-electron chi connectivity index (χ1n) is 8.41. The Balaban J connectivity index is 1.52. The molecule has 3 unspecified atom stereocenters. The zero-order valence-electron chi connectivity index (χ0n) is 12.9. The van der Waals surface area contributed by atoms with E-state index in [1.54, 1.807) is 0 Å². The van der Waals surface area contributed by atoms with Crippen molar-refractivity contribution in [3.05, 3.63) is 35.9 Å². The summed E-state index contributed by atoms with van der Waals surface area (Å²) in [5.74, 6) is 1.15. The lowest BCUT2D eigenvalue weighted by molar-refractivity contribution is -0.128. The molecule has 22 heavy (non-hydrogen) atoms. The molecule has 1 aromatic carbocycles. The first-order valence-corrected chi connectivity index (χ1v) is 8.41. The minimum atomic E-state index is -0.643. The van der Waals surface area contributed by atoms with Crippen molar-refractivity contribution in [3.63, 3.8) is 0 Å². The molecule has 0 spiro atoms. The van der Waals surface area contributed by atoms with Crippen LogP contribution in [-0.2, 0) is 4.79 Å². The first kappa shape index (κ1) is 15.5. The van der Waals surface area contributed by atoms with Crippen LogP contribution in [0.2, 0.25) is 0 Å². The van der Waals surface area contributed by atoms with Gasteiger partial charge in [-0.05, 0) is 43.1 Å². The molecule has 120 valence electrons. The SMILES string of the molecule is NC1C2CCCC1CC(C(=O)NCC(O)c1ccccc1)C2. The summed E-state index contributed by atoms with van der Waals surface area (Å²) in [6, 6.07) is 9.74. The molecule has 4 N–H and O–H groups in total. The Kier molecular flexibility index (Phi) is 4.79. The second kappa shape index (κ2) is 6.80. The maximum atomic E-state index is 12.4. The number of rotatable bonds is 4. The lowest BCUT2D eigenvalue weighted by Crippen LogP contribution is -2.49. The van der Waals surface area contributed by atoms with Crippen LogP contribution in [0.15, 0.2) is 30.3 Å². The monoisotopic (exact) mass is 302 g/mol. The van der Waals surface area contributed by atoms with Gasteiger partial charge in [0.05, 0.1) is 6.10 Å². The third kappa shape index (κ3) is 3.33. The molecule has 1 amide bonds. The second-order valence-electron chi connectivity index (χ2n) is 6.87. The number of aliphatic hydroxyl groups excluding tert-OH is 1. The van der Waals surface area contributed by atoms with Crippen molar-refractivity contribution in [1.29, 1.82) is 0 Å². The molecule has 1 aromatic rings. The summed E-state index contributed by atoms with van der Waals surface area (Å²) in [5, 5.41) is 13.1. The number of carbonyl (C=O) groups excluding carboxylic acids is 1. The minimum Gasteiger partial charge on any atom is -0.387 e. The highest BCUT2D eigenvalue weighted by molar-refractivity contribution is 5.78. The molecular weight excluding hydrogens is 276 g/mol. The van der Waals surface area contributed by atoms with Crippen molar-refractivity contribution >= 4 is 5.91 Å². The molecule has 0 heterocycles. The topological polar surface area (TPSA) is 75.4 Å². The molecule has 0 radical (unpaired) electrons. The molecular formula is C18H26N2O2. The number of nitrogens with two attached hydrogens (primary N) is 1. The fourth-order valence-corrected chi connectivity index (χ4v) is 4.14. The van der Waals surface area contributed by atoms with E-state index in [-0.39, 0.29) is 24.4 Å². The number of hydrogen-bond acceptors (Lipinski definition) is 3. The Morgan fingerprint density at radius 3 is 2.50 bits per heavy atom. The highest BCUT2D eigenvalue weighted by Gasteiger charge is 2.40. The predicted molar refractivity (Wildman–Crippen MR) is 85.9 cm³/mol. The van der Waals surface area contributed by atoms with Gasteiger partial charge in [0.2, 0.25) is 5.91 Å². The van der Waals surface area contributed by atoms with Gasteiger partial charge in [-0.15, -0.1) is 0 Å².